The first-order valence-electron chi connectivity index (χ1n) is 2.25. The van der Waals surface area contributed by atoms with Crippen molar-refractivity contribution in [2.45, 2.75) is 26.7 Å². The average Bonchev–Trinajstić information content (AvgIpc) is 1.69. The van der Waals surface area contributed by atoms with Gasteiger partial charge >= 0.3 is 11.6 Å². The highest BCUT2D eigenvalue weighted by Crippen LogP contribution is 1.76. The monoisotopic (exact) mass is 122 g/mol. The summed E-state index contributed by atoms with van der Waals surface area (Å²) in [5, 5.41) is 0. The second kappa shape index (κ2) is 17.0. The van der Waals surface area contributed by atoms with Gasteiger partial charge in [0.1, 0.15) is 0 Å². The van der Waals surface area contributed by atoms with Crippen LogP contribution >= 0.6 is 0 Å². The van der Waals surface area contributed by atoms with Crippen molar-refractivity contribution in [1.82, 2.24) is 0 Å². The molecule has 0 heterocycles. The molecule has 0 saturated carbocycles. The summed E-state index contributed by atoms with van der Waals surface area (Å²) < 4.78 is 16.6. The van der Waals surface area contributed by atoms with E-state index in [2.05, 4.69) is 13.8 Å². The van der Waals surface area contributed by atoms with Crippen LogP contribution in [-0.2, 0) is 11.6 Å². The molecule has 0 aliphatic rings. The van der Waals surface area contributed by atoms with Crippen LogP contribution in [-0.4, -0.2) is 8.42 Å². The Labute approximate surface area is 47.5 Å². The molecule has 0 atom stereocenters. The first-order chi connectivity index (χ1) is 3.33. The number of hydrogen-bond acceptors (Lipinski definition) is 2. The normalized spacial score (nSPS) is 6.00. The minimum Gasteiger partial charge on any atom is -0.168 e. The van der Waals surface area contributed by atoms with Gasteiger partial charge in [-0.25, -0.2) is 0 Å². The average molecular weight is 122 g/mol. The fourth-order valence-electron chi connectivity index (χ4n) is 0. The van der Waals surface area contributed by atoms with E-state index in [4.69, 9.17) is 8.42 Å². The molecule has 0 aromatic rings. The van der Waals surface area contributed by atoms with Gasteiger partial charge < -0.3 is 0 Å². The highest BCUT2D eigenvalue weighted by Gasteiger charge is 1.56. The van der Waals surface area contributed by atoms with E-state index in [0.29, 0.717) is 0 Å². The molecule has 0 saturated heterocycles. The van der Waals surface area contributed by atoms with Crippen molar-refractivity contribution >= 4 is 11.6 Å². The van der Waals surface area contributed by atoms with Gasteiger partial charge in [-0.1, -0.05) is 26.7 Å². The van der Waals surface area contributed by atoms with Crippen LogP contribution in [0.2, 0.25) is 0 Å². The standard InChI is InChI=1S/C4H10.O2S/c1-3-4-2;1-3-2/h3-4H2,1-2H3;. The highest BCUT2D eigenvalue weighted by atomic mass is 32.1. The van der Waals surface area contributed by atoms with Crippen LogP contribution in [0.15, 0.2) is 0 Å². The van der Waals surface area contributed by atoms with Crippen LogP contribution in [0.1, 0.15) is 26.7 Å². The molecule has 0 aliphatic heterocycles. The minimum atomic E-state index is -0.750. The van der Waals surface area contributed by atoms with E-state index in [1.54, 1.807) is 0 Å². The van der Waals surface area contributed by atoms with Gasteiger partial charge in [-0.15, -0.1) is 0 Å². The van der Waals surface area contributed by atoms with E-state index < -0.39 is 11.6 Å². The predicted molar refractivity (Wildman–Crippen MR) is 29.5 cm³/mol. The summed E-state index contributed by atoms with van der Waals surface area (Å²) in [6.45, 7) is 4.36. The van der Waals surface area contributed by atoms with Gasteiger partial charge in [-0.2, -0.15) is 8.42 Å². The van der Waals surface area contributed by atoms with E-state index in [-0.39, 0.29) is 0 Å². The summed E-state index contributed by atoms with van der Waals surface area (Å²) in [6.07, 6.45) is 2.64. The lowest BCUT2D eigenvalue weighted by atomic mass is 10.4. The molecule has 0 N–H and O–H groups in total. The third kappa shape index (κ3) is 126. The van der Waals surface area contributed by atoms with Crippen LogP contribution in [0.4, 0.5) is 0 Å². The van der Waals surface area contributed by atoms with Gasteiger partial charge in [0.05, 0.1) is 0 Å². The minimum absolute atomic E-state index is 0.750. The molecule has 0 rings (SSSR count). The van der Waals surface area contributed by atoms with Crippen molar-refractivity contribution in [2.75, 3.05) is 0 Å². The topological polar surface area (TPSA) is 34.1 Å². The summed E-state index contributed by atoms with van der Waals surface area (Å²) in [7, 11) is 0. The predicted octanol–water partition coefficient (Wildman–Crippen LogP) is 1.14. The molecule has 0 aliphatic carbocycles. The van der Waals surface area contributed by atoms with Gasteiger partial charge in [0.15, 0.2) is 0 Å². The Morgan fingerprint density at radius 2 is 1.29 bits per heavy atom. The Bertz CT molecular complexity index is 45.7. The molecule has 0 aromatic carbocycles. The Morgan fingerprint density at radius 1 is 1.14 bits per heavy atom. The van der Waals surface area contributed by atoms with E-state index >= 15 is 0 Å². The molecule has 0 amide bonds. The van der Waals surface area contributed by atoms with Crippen molar-refractivity contribution < 1.29 is 8.42 Å². The lowest BCUT2D eigenvalue weighted by molar-refractivity contribution is 0.630. The number of hydrogen-bond donors (Lipinski definition) is 0. The molecular formula is C4H10O2S. The summed E-state index contributed by atoms with van der Waals surface area (Å²) in [5.41, 5.74) is 0. The van der Waals surface area contributed by atoms with Crippen molar-refractivity contribution in [2.24, 2.45) is 0 Å². The fourth-order valence-corrected chi connectivity index (χ4v) is 0. The molecule has 3 heteroatoms. The van der Waals surface area contributed by atoms with Crippen molar-refractivity contribution in [1.29, 1.82) is 0 Å². The Balaban J connectivity index is 0. The van der Waals surface area contributed by atoms with Crippen LogP contribution in [0.3, 0.4) is 0 Å². The van der Waals surface area contributed by atoms with Crippen molar-refractivity contribution in [3.05, 3.63) is 0 Å². The third-order valence-corrected chi connectivity index (χ3v) is 0.500. The van der Waals surface area contributed by atoms with E-state index in [9.17, 15) is 0 Å². The zero-order chi connectivity index (χ0) is 6.12. The molecule has 0 unspecified atom stereocenters. The van der Waals surface area contributed by atoms with Crippen LogP contribution in [0, 0.1) is 0 Å². The highest BCUT2D eigenvalue weighted by molar-refractivity contribution is 7.51. The second-order valence-corrected chi connectivity index (χ2v) is 1.20. The molecule has 2 nitrogen and oxygen atoms in total. The summed E-state index contributed by atoms with van der Waals surface area (Å²) in [4.78, 5) is 0. The van der Waals surface area contributed by atoms with Gasteiger partial charge in [-0.05, 0) is 0 Å². The maximum absolute atomic E-state index is 8.29. The first kappa shape index (κ1) is 9.94. The Morgan fingerprint density at radius 3 is 1.29 bits per heavy atom. The van der Waals surface area contributed by atoms with Crippen molar-refractivity contribution in [3.8, 4) is 0 Å². The molecule has 44 valence electrons. The van der Waals surface area contributed by atoms with Crippen molar-refractivity contribution in [3.63, 3.8) is 0 Å². The Hall–Kier alpha value is -0.180. The summed E-state index contributed by atoms with van der Waals surface area (Å²) in [5.74, 6) is 0. The Kier molecular flexibility index (Phi) is 24.2. The zero-order valence-electron chi connectivity index (χ0n) is 4.64. The molecule has 7 heavy (non-hydrogen) atoms. The summed E-state index contributed by atoms with van der Waals surface area (Å²) >= 11 is -0.750. The van der Waals surface area contributed by atoms with Crippen LogP contribution in [0.25, 0.3) is 0 Å². The number of rotatable bonds is 1. The second-order valence-electron chi connectivity index (χ2n) is 1.07. The van der Waals surface area contributed by atoms with Gasteiger partial charge in [0, 0.05) is 0 Å². The lowest BCUT2D eigenvalue weighted by Crippen LogP contribution is -1.47. The van der Waals surface area contributed by atoms with Crippen LogP contribution < -0.4 is 0 Å². The maximum atomic E-state index is 8.29. The molecule has 0 radical (unpaired) electrons. The van der Waals surface area contributed by atoms with E-state index in [1.165, 1.54) is 12.8 Å². The quantitative estimate of drug-likeness (QED) is 0.522. The smallest absolute Gasteiger partial charge is 0.168 e. The van der Waals surface area contributed by atoms with Gasteiger partial charge in [-0.3, -0.25) is 0 Å². The molecule has 0 fully saturated rings. The molecule has 0 aromatic heterocycles. The SMILES string of the molecule is CCCC.O=S=O. The number of unbranched alkanes of at least 4 members (excludes halogenated alkanes) is 1. The van der Waals surface area contributed by atoms with Gasteiger partial charge in [0.2, 0.25) is 0 Å². The largest absolute Gasteiger partial charge is 0.335 e. The van der Waals surface area contributed by atoms with Crippen LogP contribution in [0.5, 0.6) is 0 Å². The maximum Gasteiger partial charge on any atom is 0.335 e. The fraction of sp³-hybridized carbons (Fsp3) is 1.00. The van der Waals surface area contributed by atoms with E-state index in [1.807, 2.05) is 0 Å². The molecule has 0 spiro atoms. The summed E-state index contributed by atoms with van der Waals surface area (Å²) in [6, 6.07) is 0. The molecular weight excluding hydrogens is 112 g/mol. The van der Waals surface area contributed by atoms with E-state index in [0.717, 1.165) is 0 Å². The lowest BCUT2D eigenvalue weighted by Gasteiger charge is -1.68. The zero-order valence-corrected chi connectivity index (χ0v) is 5.46. The molecule has 0 bridgehead atoms. The third-order valence-electron chi connectivity index (χ3n) is 0.500. The van der Waals surface area contributed by atoms with Gasteiger partial charge in [0.25, 0.3) is 0 Å². The first-order valence-corrected chi connectivity index (χ1v) is 2.91.